The molecular formula is C16H13NO3S2. The summed E-state index contributed by atoms with van der Waals surface area (Å²) in [4.78, 5) is 25.8. The van der Waals surface area contributed by atoms with Crippen molar-refractivity contribution in [3.8, 4) is 0 Å². The molecule has 1 aromatic carbocycles. The Morgan fingerprint density at radius 1 is 1.14 bits per heavy atom. The quantitative estimate of drug-likeness (QED) is 0.780. The number of rotatable bonds is 3. The molecule has 2 aromatic rings. The van der Waals surface area contributed by atoms with Gasteiger partial charge in [-0.1, -0.05) is 29.5 Å². The van der Waals surface area contributed by atoms with Gasteiger partial charge in [-0.25, -0.2) is 0 Å². The molecule has 0 aliphatic carbocycles. The fourth-order valence-corrected chi connectivity index (χ4v) is 3.45. The summed E-state index contributed by atoms with van der Waals surface area (Å²) < 4.78 is 5.69. The zero-order chi connectivity index (χ0) is 15.7. The molecule has 0 unspecified atom stereocenters. The van der Waals surface area contributed by atoms with Crippen LogP contribution in [0.15, 0.2) is 55.7 Å². The third kappa shape index (κ3) is 3.13. The minimum atomic E-state index is -0.292. The Morgan fingerprint density at radius 3 is 2.50 bits per heavy atom. The minimum absolute atomic E-state index is 0.267. The van der Waals surface area contributed by atoms with Gasteiger partial charge in [0.2, 0.25) is 0 Å². The molecule has 0 spiro atoms. The van der Waals surface area contributed by atoms with Gasteiger partial charge in [0.25, 0.3) is 11.1 Å². The van der Waals surface area contributed by atoms with Gasteiger partial charge < -0.3 is 4.42 Å². The largest absolute Gasteiger partial charge is 0.450 e. The smallest absolute Gasteiger partial charge is 0.293 e. The van der Waals surface area contributed by atoms with Crippen LogP contribution in [0.2, 0.25) is 0 Å². The van der Waals surface area contributed by atoms with E-state index in [1.807, 2.05) is 37.3 Å². The fraction of sp³-hybridized carbons (Fsp3) is 0.125. The van der Waals surface area contributed by atoms with Crippen molar-refractivity contribution >= 4 is 40.7 Å². The van der Waals surface area contributed by atoms with Crippen LogP contribution in [-0.4, -0.2) is 23.1 Å². The van der Waals surface area contributed by atoms with Crippen molar-refractivity contribution in [3.63, 3.8) is 0 Å². The summed E-state index contributed by atoms with van der Waals surface area (Å²) in [6.07, 6.45) is 1.60. The van der Waals surface area contributed by atoms with Gasteiger partial charge in [0.15, 0.2) is 5.09 Å². The van der Waals surface area contributed by atoms with E-state index in [2.05, 4.69) is 0 Å². The van der Waals surface area contributed by atoms with E-state index in [1.54, 1.807) is 12.1 Å². The minimum Gasteiger partial charge on any atom is -0.450 e. The van der Waals surface area contributed by atoms with Crippen molar-refractivity contribution in [3.05, 3.63) is 52.6 Å². The van der Waals surface area contributed by atoms with Crippen LogP contribution < -0.4 is 0 Å². The summed E-state index contributed by atoms with van der Waals surface area (Å²) in [5, 5.41) is 0.475. The van der Waals surface area contributed by atoms with Crippen LogP contribution in [-0.2, 0) is 4.79 Å². The summed E-state index contributed by atoms with van der Waals surface area (Å²) >= 11 is 2.44. The third-order valence-corrected chi connectivity index (χ3v) is 4.99. The lowest BCUT2D eigenvalue weighted by molar-refractivity contribution is -0.121. The fourth-order valence-electron chi connectivity index (χ4n) is 1.86. The molecule has 6 heteroatoms. The standard InChI is InChI=1S/C16H13NO3S2/c1-10-3-6-12(7-4-10)21-14-8-5-11(20-14)9-13-15(18)17(2)16(19)22-13/h3-9H,1-2H3/b13-9+. The average molecular weight is 331 g/mol. The number of benzene rings is 1. The lowest BCUT2D eigenvalue weighted by Gasteiger charge is -2.00. The van der Waals surface area contributed by atoms with Crippen LogP contribution >= 0.6 is 23.5 Å². The maximum absolute atomic E-state index is 11.8. The maximum Gasteiger partial charge on any atom is 0.293 e. The van der Waals surface area contributed by atoms with Gasteiger partial charge in [-0.3, -0.25) is 14.5 Å². The number of imide groups is 1. The van der Waals surface area contributed by atoms with Gasteiger partial charge in [-0.05, 0) is 43.0 Å². The van der Waals surface area contributed by atoms with Crippen LogP contribution in [0.1, 0.15) is 11.3 Å². The predicted octanol–water partition coefficient (Wildman–Crippen LogP) is 4.41. The van der Waals surface area contributed by atoms with Crippen LogP contribution in [0.4, 0.5) is 4.79 Å². The zero-order valence-corrected chi connectivity index (χ0v) is 13.7. The highest BCUT2D eigenvalue weighted by Gasteiger charge is 2.32. The number of likely N-dealkylation sites (N-methyl/N-ethyl adjacent to an activating group) is 1. The number of aryl methyl sites for hydroxylation is 1. The molecule has 4 nitrogen and oxygen atoms in total. The lowest BCUT2D eigenvalue weighted by atomic mass is 10.2. The third-order valence-electron chi connectivity index (χ3n) is 3.10. The van der Waals surface area contributed by atoms with Crippen LogP contribution in [0.3, 0.4) is 0 Å². The number of furan rings is 1. The van der Waals surface area contributed by atoms with E-state index >= 15 is 0 Å². The molecule has 2 heterocycles. The van der Waals surface area contributed by atoms with Gasteiger partial charge in [-0.15, -0.1) is 0 Å². The molecule has 1 saturated heterocycles. The number of carbonyl (C=O) groups is 2. The van der Waals surface area contributed by atoms with E-state index in [-0.39, 0.29) is 11.1 Å². The number of hydrogen-bond donors (Lipinski definition) is 0. The predicted molar refractivity (Wildman–Crippen MR) is 87.7 cm³/mol. The van der Waals surface area contributed by atoms with E-state index in [1.165, 1.54) is 24.4 Å². The second-order valence-electron chi connectivity index (χ2n) is 4.81. The van der Waals surface area contributed by atoms with Gasteiger partial charge in [0, 0.05) is 18.0 Å². The molecular weight excluding hydrogens is 318 g/mol. The number of hydrogen-bond acceptors (Lipinski definition) is 5. The van der Waals surface area contributed by atoms with Crippen molar-refractivity contribution in [1.29, 1.82) is 0 Å². The first-order valence-electron chi connectivity index (χ1n) is 6.59. The van der Waals surface area contributed by atoms with E-state index < -0.39 is 0 Å². The van der Waals surface area contributed by atoms with Gasteiger partial charge in [0.1, 0.15) is 5.76 Å². The Balaban J connectivity index is 1.75. The molecule has 1 fully saturated rings. The number of carbonyl (C=O) groups excluding carboxylic acids is 2. The highest BCUT2D eigenvalue weighted by molar-refractivity contribution is 8.18. The van der Waals surface area contributed by atoms with E-state index in [0.29, 0.717) is 10.7 Å². The van der Waals surface area contributed by atoms with E-state index in [9.17, 15) is 9.59 Å². The summed E-state index contributed by atoms with van der Waals surface area (Å²) in [6, 6.07) is 11.8. The summed E-state index contributed by atoms with van der Waals surface area (Å²) in [6.45, 7) is 2.04. The maximum atomic E-state index is 11.8. The second kappa shape index (κ2) is 6.06. The Morgan fingerprint density at radius 2 is 1.86 bits per heavy atom. The SMILES string of the molecule is Cc1ccc(Sc2ccc(/C=C3/SC(=O)N(C)C3=O)o2)cc1. The van der Waals surface area contributed by atoms with Crippen molar-refractivity contribution in [2.45, 2.75) is 16.9 Å². The molecule has 2 amide bonds. The Hall–Kier alpha value is -1.92. The monoisotopic (exact) mass is 331 g/mol. The lowest BCUT2D eigenvalue weighted by Crippen LogP contribution is -2.22. The van der Waals surface area contributed by atoms with Gasteiger partial charge >= 0.3 is 0 Å². The molecule has 0 N–H and O–H groups in total. The first kappa shape index (κ1) is 15.0. The summed E-state index contributed by atoms with van der Waals surface area (Å²) in [5.41, 5.74) is 1.21. The van der Waals surface area contributed by atoms with Crippen LogP contribution in [0.25, 0.3) is 6.08 Å². The normalized spacial score (nSPS) is 16.8. The Bertz CT molecular complexity index is 762. The molecule has 1 aliphatic heterocycles. The first-order valence-corrected chi connectivity index (χ1v) is 8.22. The number of nitrogens with zero attached hydrogens (tertiary/aromatic N) is 1. The molecule has 0 bridgehead atoms. The highest BCUT2D eigenvalue weighted by Crippen LogP contribution is 2.33. The van der Waals surface area contributed by atoms with Crippen molar-refractivity contribution in [2.24, 2.45) is 0 Å². The van der Waals surface area contributed by atoms with Crippen LogP contribution in [0.5, 0.6) is 0 Å². The number of thioether (sulfide) groups is 1. The first-order chi connectivity index (χ1) is 10.5. The molecule has 0 saturated carbocycles. The molecule has 0 atom stereocenters. The van der Waals surface area contributed by atoms with Crippen molar-refractivity contribution in [2.75, 3.05) is 7.05 Å². The molecule has 112 valence electrons. The zero-order valence-electron chi connectivity index (χ0n) is 12.0. The molecule has 0 radical (unpaired) electrons. The van der Waals surface area contributed by atoms with Crippen molar-refractivity contribution < 1.29 is 14.0 Å². The Kier molecular flexibility index (Phi) is 4.13. The van der Waals surface area contributed by atoms with E-state index in [0.717, 1.165) is 26.6 Å². The highest BCUT2D eigenvalue weighted by atomic mass is 32.2. The summed E-state index contributed by atoms with van der Waals surface area (Å²) in [7, 11) is 1.47. The summed E-state index contributed by atoms with van der Waals surface area (Å²) in [5.74, 6) is 0.271. The average Bonchev–Trinajstić information content (AvgIpc) is 3.03. The topological polar surface area (TPSA) is 50.5 Å². The molecule has 3 rings (SSSR count). The van der Waals surface area contributed by atoms with E-state index in [4.69, 9.17) is 4.42 Å². The molecule has 1 aromatic heterocycles. The van der Waals surface area contributed by atoms with Gasteiger partial charge in [0.05, 0.1) is 4.91 Å². The molecule has 22 heavy (non-hydrogen) atoms. The number of amides is 2. The van der Waals surface area contributed by atoms with Crippen LogP contribution in [0, 0.1) is 6.92 Å². The molecule has 1 aliphatic rings. The second-order valence-corrected chi connectivity index (χ2v) is 6.88. The van der Waals surface area contributed by atoms with Crippen molar-refractivity contribution in [1.82, 2.24) is 4.90 Å². The van der Waals surface area contributed by atoms with Gasteiger partial charge in [-0.2, -0.15) is 0 Å². The Labute approximate surface area is 136 Å².